The summed E-state index contributed by atoms with van der Waals surface area (Å²) in [7, 11) is 0. The molecule has 0 radical (unpaired) electrons. The summed E-state index contributed by atoms with van der Waals surface area (Å²) in [5.74, 6) is 4.55. The van der Waals surface area contributed by atoms with Crippen LogP contribution >= 0.6 is 31.9 Å². The minimum Gasteiger partial charge on any atom is -0.313 e. The zero-order chi connectivity index (χ0) is 12.0. The highest BCUT2D eigenvalue weighted by Gasteiger charge is 2.79. The normalized spacial score (nSPS) is 62.8. The predicted molar refractivity (Wildman–Crippen MR) is 77.5 cm³/mol. The van der Waals surface area contributed by atoms with Crippen LogP contribution in [0.3, 0.4) is 0 Å². The molecule has 4 fully saturated rings. The van der Waals surface area contributed by atoms with Crippen molar-refractivity contribution in [1.29, 1.82) is 0 Å². The van der Waals surface area contributed by atoms with Gasteiger partial charge in [0, 0.05) is 11.5 Å². The summed E-state index contributed by atoms with van der Waals surface area (Å²) in [4.78, 5) is 0. The van der Waals surface area contributed by atoms with Gasteiger partial charge in [0.2, 0.25) is 0 Å². The van der Waals surface area contributed by atoms with Crippen molar-refractivity contribution in [1.82, 2.24) is 5.32 Å². The minimum absolute atomic E-state index is 0.241. The lowest BCUT2D eigenvalue weighted by molar-refractivity contribution is 0.0000368. The first kappa shape index (κ1) is 11.7. The van der Waals surface area contributed by atoms with E-state index in [1.165, 1.54) is 25.8 Å². The quantitative estimate of drug-likeness (QED) is 0.647. The molecule has 4 rings (SSSR count). The van der Waals surface area contributed by atoms with E-state index in [0.717, 1.165) is 35.6 Å². The Morgan fingerprint density at radius 1 is 1.12 bits per heavy atom. The monoisotopic (exact) mass is 361 g/mol. The van der Waals surface area contributed by atoms with Crippen molar-refractivity contribution in [2.75, 3.05) is 6.54 Å². The molecule has 2 bridgehead atoms. The third-order valence-electron chi connectivity index (χ3n) is 6.53. The Labute approximate surface area is 121 Å². The molecular formula is C14H21Br2N. The van der Waals surface area contributed by atoms with Gasteiger partial charge >= 0.3 is 0 Å². The highest BCUT2D eigenvalue weighted by molar-refractivity contribution is 9.25. The molecule has 3 aliphatic carbocycles. The fraction of sp³-hybridized carbons (Fsp3) is 1.00. The van der Waals surface area contributed by atoms with E-state index < -0.39 is 0 Å². The summed E-state index contributed by atoms with van der Waals surface area (Å²) in [6, 6.07) is 0.820. The van der Waals surface area contributed by atoms with E-state index in [0.29, 0.717) is 5.41 Å². The molecule has 3 heteroatoms. The van der Waals surface area contributed by atoms with Gasteiger partial charge in [-0.15, -0.1) is 0 Å². The Balaban J connectivity index is 1.75. The largest absolute Gasteiger partial charge is 0.313 e. The van der Waals surface area contributed by atoms with Crippen LogP contribution in [0, 0.1) is 35.0 Å². The van der Waals surface area contributed by atoms with E-state index in [-0.39, 0.29) is 3.23 Å². The maximum atomic E-state index is 4.01. The van der Waals surface area contributed by atoms with Crippen LogP contribution in [-0.4, -0.2) is 15.8 Å². The minimum atomic E-state index is 0.241. The van der Waals surface area contributed by atoms with Gasteiger partial charge in [-0.05, 0) is 55.4 Å². The van der Waals surface area contributed by atoms with Crippen molar-refractivity contribution in [3.05, 3.63) is 0 Å². The Hall–Kier alpha value is 0.920. The van der Waals surface area contributed by atoms with Gasteiger partial charge in [0.1, 0.15) is 0 Å². The fourth-order valence-electron chi connectivity index (χ4n) is 5.58. The first-order chi connectivity index (χ1) is 7.96. The zero-order valence-electron chi connectivity index (χ0n) is 10.5. The summed E-state index contributed by atoms with van der Waals surface area (Å²) in [6.07, 6.45) is 4.34. The van der Waals surface area contributed by atoms with Gasteiger partial charge in [0.15, 0.2) is 0 Å². The van der Waals surface area contributed by atoms with Crippen LogP contribution in [0.25, 0.3) is 0 Å². The number of rotatable bonds is 0. The maximum Gasteiger partial charge on any atom is 0.0902 e. The van der Waals surface area contributed by atoms with E-state index in [2.05, 4.69) is 51.0 Å². The summed E-state index contributed by atoms with van der Waals surface area (Å²) in [5.41, 5.74) is 0.489. The van der Waals surface area contributed by atoms with Crippen molar-refractivity contribution < 1.29 is 0 Å². The van der Waals surface area contributed by atoms with Crippen LogP contribution < -0.4 is 5.32 Å². The van der Waals surface area contributed by atoms with Crippen molar-refractivity contribution in [2.24, 2.45) is 35.0 Å². The van der Waals surface area contributed by atoms with Gasteiger partial charge in [-0.25, -0.2) is 0 Å². The third-order valence-corrected chi connectivity index (χ3v) is 9.22. The number of hydrogen-bond donors (Lipinski definition) is 1. The lowest BCUT2D eigenvalue weighted by Crippen LogP contribution is -2.56. The molecule has 0 amide bonds. The van der Waals surface area contributed by atoms with Crippen LogP contribution in [0.4, 0.5) is 0 Å². The van der Waals surface area contributed by atoms with Crippen molar-refractivity contribution in [3.8, 4) is 0 Å². The number of piperidine rings is 1. The van der Waals surface area contributed by atoms with Crippen LogP contribution in [-0.2, 0) is 0 Å². The van der Waals surface area contributed by atoms with Gasteiger partial charge < -0.3 is 5.32 Å². The van der Waals surface area contributed by atoms with Crippen molar-refractivity contribution in [2.45, 2.75) is 42.4 Å². The van der Waals surface area contributed by atoms with Crippen LogP contribution in [0.15, 0.2) is 0 Å². The number of halogens is 2. The second kappa shape index (κ2) is 3.32. The second-order valence-electron chi connectivity index (χ2n) is 7.23. The second-order valence-corrected chi connectivity index (χ2v) is 10.8. The maximum absolute atomic E-state index is 4.01. The van der Waals surface area contributed by atoms with E-state index in [4.69, 9.17) is 0 Å². The molecule has 4 aliphatic rings. The predicted octanol–water partition coefficient (Wildman–Crippen LogP) is 3.76. The highest BCUT2D eigenvalue weighted by Crippen LogP contribution is 2.81. The van der Waals surface area contributed by atoms with Gasteiger partial charge in [-0.1, -0.05) is 45.7 Å². The van der Waals surface area contributed by atoms with E-state index in [1.807, 2.05) is 0 Å². The summed E-state index contributed by atoms with van der Waals surface area (Å²) < 4.78 is 0.241. The smallest absolute Gasteiger partial charge is 0.0902 e. The van der Waals surface area contributed by atoms with Gasteiger partial charge in [-0.3, -0.25) is 0 Å². The number of hydrogen-bond acceptors (Lipinski definition) is 1. The molecule has 1 N–H and O–H groups in total. The van der Waals surface area contributed by atoms with Gasteiger partial charge in [0.05, 0.1) is 3.23 Å². The summed E-state index contributed by atoms with van der Waals surface area (Å²) >= 11 is 8.01. The first-order valence-corrected chi connectivity index (χ1v) is 8.66. The van der Waals surface area contributed by atoms with Crippen LogP contribution in [0.1, 0.15) is 33.1 Å². The molecule has 96 valence electrons. The molecule has 4 unspecified atom stereocenters. The molecule has 1 heterocycles. The van der Waals surface area contributed by atoms with Crippen LogP contribution in [0.2, 0.25) is 0 Å². The third kappa shape index (κ3) is 1.25. The lowest BCUT2D eigenvalue weighted by atomic mass is 9.58. The summed E-state index contributed by atoms with van der Waals surface area (Å²) in [5, 5.41) is 3.86. The van der Waals surface area contributed by atoms with Gasteiger partial charge in [0.25, 0.3) is 0 Å². The van der Waals surface area contributed by atoms with Crippen molar-refractivity contribution >= 4 is 31.9 Å². The first-order valence-electron chi connectivity index (χ1n) is 7.07. The zero-order valence-corrected chi connectivity index (χ0v) is 13.7. The molecule has 1 aliphatic heterocycles. The van der Waals surface area contributed by atoms with E-state index in [9.17, 15) is 0 Å². The fourth-order valence-corrected chi connectivity index (χ4v) is 8.13. The van der Waals surface area contributed by atoms with Crippen LogP contribution in [0.5, 0.6) is 0 Å². The standard InChI is InChI=1S/C14H21Br2N/c1-7-3-10-9-5-8(6-17-11(9)4-7)13(2)12(10)14(13,15)16/h7-12,17H,3-6H2,1-2H3/t7-,8?,9-,10?,11+,12?,13?/m1/s1. The Kier molecular flexibility index (Phi) is 2.29. The molecule has 0 aromatic carbocycles. The molecule has 17 heavy (non-hydrogen) atoms. The molecule has 7 atom stereocenters. The van der Waals surface area contributed by atoms with E-state index in [1.54, 1.807) is 0 Å². The molecule has 1 nitrogen and oxygen atoms in total. The average Bonchev–Trinajstić information content (AvgIpc) is 2.73. The molecule has 3 saturated carbocycles. The molecule has 0 aromatic rings. The molecule has 0 aromatic heterocycles. The molecule has 0 spiro atoms. The SMILES string of the molecule is C[C@@H]1CC2C3C(Br)(Br)C3(C)C3CN[C@@H](C1)[C@@H]2C3. The topological polar surface area (TPSA) is 12.0 Å². The Morgan fingerprint density at radius 2 is 1.88 bits per heavy atom. The number of alkyl halides is 2. The molecule has 1 saturated heterocycles. The Bertz CT molecular complexity index is 369. The lowest BCUT2D eigenvalue weighted by Gasteiger charge is -2.52. The van der Waals surface area contributed by atoms with E-state index >= 15 is 0 Å². The number of nitrogens with one attached hydrogen (secondary N) is 1. The summed E-state index contributed by atoms with van der Waals surface area (Å²) in [6.45, 7) is 6.19. The van der Waals surface area contributed by atoms with Crippen molar-refractivity contribution in [3.63, 3.8) is 0 Å². The van der Waals surface area contributed by atoms with Gasteiger partial charge in [-0.2, -0.15) is 0 Å². The molecular weight excluding hydrogens is 342 g/mol. The Morgan fingerprint density at radius 3 is 2.65 bits per heavy atom. The average molecular weight is 363 g/mol. The number of fused-ring (bicyclic) bond motifs is 4. The highest BCUT2D eigenvalue weighted by atomic mass is 79.9.